The first kappa shape index (κ1) is 20.3. The molecule has 0 aliphatic carbocycles. The Morgan fingerprint density at radius 2 is 1.57 bits per heavy atom. The van der Waals surface area contributed by atoms with E-state index in [2.05, 4.69) is 16.0 Å². The molecule has 3 N–H and O–H groups in total. The van der Waals surface area contributed by atoms with Crippen molar-refractivity contribution in [2.24, 2.45) is 11.8 Å². The van der Waals surface area contributed by atoms with E-state index in [-0.39, 0.29) is 0 Å². The molecule has 0 aromatic heterocycles. The van der Waals surface area contributed by atoms with E-state index in [9.17, 15) is 8.42 Å². The van der Waals surface area contributed by atoms with Crippen molar-refractivity contribution in [3.05, 3.63) is 29.8 Å². The van der Waals surface area contributed by atoms with Crippen LogP contribution in [0.1, 0.15) is 31.2 Å². The maximum absolute atomic E-state index is 12.6. The highest BCUT2D eigenvalue weighted by Crippen LogP contribution is 2.29. The van der Waals surface area contributed by atoms with Gasteiger partial charge in [0.15, 0.2) is 0 Å². The third kappa shape index (κ3) is 4.44. The molecule has 5 rings (SSSR count). The average Bonchev–Trinajstić information content (AvgIpc) is 3.36. The SMILES string of the molecule is C1CN[C@H]2CNC[C@H]2C1.Cc1ccc(S(=O)(=O)N2C[C@H]3CCCN[C@H]3C2)cc1. The molecule has 0 bridgehead atoms. The number of benzene rings is 1. The van der Waals surface area contributed by atoms with E-state index in [1.54, 1.807) is 16.4 Å². The molecule has 7 heteroatoms. The number of fused-ring (bicyclic) bond motifs is 2. The van der Waals surface area contributed by atoms with Crippen LogP contribution in [-0.4, -0.2) is 64.1 Å². The molecular formula is C21H34N4O2S. The van der Waals surface area contributed by atoms with Crippen molar-refractivity contribution in [1.29, 1.82) is 0 Å². The zero-order valence-corrected chi connectivity index (χ0v) is 17.7. The zero-order valence-electron chi connectivity index (χ0n) is 16.9. The summed E-state index contributed by atoms with van der Waals surface area (Å²) in [6.07, 6.45) is 5.10. The summed E-state index contributed by atoms with van der Waals surface area (Å²) in [4.78, 5) is 0.414. The van der Waals surface area contributed by atoms with Gasteiger partial charge in [-0.25, -0.2) is 8.42 Å². The second kappa shape index (κ2) is 8.79. The number of nitrogens with zero attached hydrogens (tertiary/aromatic N) is 1. The third-order valence-electron chi connectivity index (χ3n) is 6.72. The van der Waals surface area contributed by atoms with Gasteiger partial charge in [-0.1, -0.05) is 17.7 Å². The van der Waals surface area contributed by atoms with E-state index < -0.39 is 10.0 Å². The normalized spacial score (nSPS) is 32.9. The molecule has 1 aromatic rings. The molecule has 4 heterocycles. The first-order valence-electron chi connectivity index (χ1n) is 10.8. The predicted molar refractivity (Wildman–Crippen MR) is 112 cm³/mol. The van der Waals surface area contributed by atoms with E-state index in [0.717, 1.165) is 36.9 Å². The van der Waals surface area contributed by atoms with E-state index in [4.69, 9.17) is 0 Å². The summed E-state index contributed by atoms with van der Waals surface area (Å²) < 4.78 is 26.8. The monoisotopic (exact) mass is 406 g/mol. The summed E-state index contributed by atoms with van der Waals surface area (Å²) in [7, 11) is -3.32. The molecule has 0 radical (unpaired) electrons. The fraction of sp³-hybridized carbons (Fsp3) is 0.714. The van der Waals surface area contributed by atoms with E-state index >= 15 is 0 Å². The Hall–Kier alpha value is -0.990. The first-order chi connectivity index (χ1) is 13.5. The van der Waals surface area contributed by atoms with Gasteiger partial charge in [0.25, 0.3) is 0 Å². The van der Waals surface area contributed by atoms with Crippen LogP contribution in [0.4, 0.5) is 0 Å². The topological polar surface area (TPSA) is 73.5 Å². The number of sulfonamides is 1. The molecule has 1 aromatic carbocycles. The molecule has 0 amide bonds. The number of hydrogen-bond donors (Lipinski definition) is 3. The van der Waals surface area contributed by atoms with Crippen LogP contribution in [0.3, 0.4) is 0 Å². The third-order valence-corrected chi connectivity index (χ3v) is 8.57. The molecule has 0 saturated carbocycles. The summed E-state index contributed by atoms with van der Waals surface area (Å²) >= 11 is 0. The molecule has 0 unspecified atom stereocenters. The minimum Gasteiger partial charge on any atom is -0.315 e. The van der Waals surface area contributed by atoms with Crippen molar-refractivity contribution >= 4 is 10.0 Å². The number of nitrogens with one attached hydrogen (secondary N) is 3. The van der Waals surface area contributed by atoms with Crippen molar-refractivity contribution in [2.75, 3.05) is 39.3 Å². The maximum atomic E-state index is 12.6. The highest BCUT2D eigenvalue weighted by Gasteiger charge is 2.40. The van der Waals surface area contributed by atoms with Gasteiger partial charge >= 0.3 is 0 Å². The molecule has 28 heavy (non-hydrogen) atoms. The summed E-state index contributed by atoms with van der Waals surface area (Å²) in [5, 5.41) is 10.4. The van der Waals surface area contributed by atoms with Gasteiger partial charge in [0.1, 0.15) is 0 Å². The molecule has 4 atom stereocenters. The predicted octanol–water partition coefficient (Wildman–Crippen LogP) is 1.33. The Morgan fingerprint density at radius 3 is 2.25 bits per heavy atom. The molecule has 4 fully saturated rings. The molecule has 4 saturated heterocycles. The van der Waals surface area contributed by atoms with Gasteiger partial charge in [0.05, 0.1) is 4.90 Å². The van der Waals surface area contributed by atoms with Crippen molar-refractivity contribution < 1.29 is 8.42 Å². The Kier molecular flexibility index (Phi) is 6.37. The molecule has 0 spiro atoms. The number of aryl methyl sites for hydroxylation is 1. The summed E-state index contributed by atoms with van der Waals surface area (Å²) in [6.45, 7) is 7.93. The Bertz CT molecular complexity index is 726. The maximum Gasteiger partial charge on any atom is 0.243 e. The second-order valence-corrected chi connectivity index (χ2v) is 10.7. The van der Waals surface area contributed by atoms with Crippen LogP contribution in [0.15, 0.2) is 29.2 Å². The first-order valence-corrected chi connectivity index (χ1v) is 12.2. The van der Waals surface area contributed by atoms with Crippen LogP contribution < -0.4 is 16.0 Å². The summed E-state index contributed by atoms with van der Waals surface area (Å²) in [6, 6.07) is 8.27. The van der Waals surface area contributed by atoms with Crippen LogP contribution in [0, 0.1) is 18.8 Å². The van der Waals surface area contributed by atoms with E-state index in [1.165, 1.54) is 32.5 Å². The van der Waals surface area contributed by atoms with Gasteiger partial charge < -0.3 is 16.0 Å². The molecule has 6 nitrogen and oxygen atoms in total. The molecular weight excluding hydrogens is 372 g/mol. The van der Waals surface area contributed by atoms with Gasteiger partial charge in [-0.2, -0.15) is 4.31 Å². The number of rotatable bonds is 2. The largest absolute Gasteiger partial charge is 0.315 e. The molecule has 4 aliphatic rings. The Balaban J connectivity index is 0.000000177. The van der Waals surface area contributed by atoms with Crippen molar-refractivity contribution in [2.45, 2.75) is 49.6 Å². The second-order valence-electron chi connectivity index (χ2n) is 8.72. The van der Waals surface area contributed by atoms with Crippen molar-refractivity contribution in [3.8, 4) is 0 Å². The lowest BCUT2D eigenvalue weighted by molar-refractivity contribution is 0.339. The standard InChI is InChI=1S/C14H20N2O2S.C7H14N2/c1-11-4-6-13(7-5-11)19(17,18)16-9-12-3-2-8-15-14(12)10-16;1-2-6-4-8-5-7(6)9-3-1/h4-7,12,14-15H,2-3,8-10H2,1H3;6-9H,1-5H2/t12-,14+;6-,7+/m11/s1. The van der Waals surface area contributed by atoms with Crippen LogP contribution in [0.25, 0.3) is 0 Å². The van der Waals surface area contributed by atoms with Crippen LogP contribution in [0.5, 0.6) is 0 Å². The quantitative estimate of drug-likeness (QED) is 0.691. The molecule has 156 valence electrons. The number of hydrogen-bond acceptors (Lipinski definition) is 5. The molecule has 4 aliphatic heterocycles. The number of piperidine rings is 2. The van der Waals surface area contributed by atoms with Gasteiger partial charge in [0, 0.05) is 31.7 Å². The minimum absolute atomic E-state index is 0.342. The fourth-order valence-corrected chi connectivity index (χ4v) is 6.51. The Morgan fingerprint density at radius 1 is 0.893 bits per heavy atom. The summed E-state index contributed by atoms with van der Waals surface area (Å²) in [5.74, 6) is 1.42. The fourth-order valence-electron chi connectivity index (χ4n) is 4.99. The summed E-state index contributed by atoms with van der Waals surface area (Å²) in [5.41, 5.74) is 1.08. The van der Waals surface area contributed by atoms with Crippen LogP contribution >= 0.6 is 0 Å². The van der Waals surface area contributed by atoms with E-state index in [0.29, 0.717) is 29.9 Å². The van der Waals surface area contributed by atoms with Gasteiger partial charge in [0.2, 0.25) is 10.0 Å². The minimum atomic E-state index is -3.32. The smallest absolute Gasteiger partial charge is 0.243 e. The van der Waals surface area contributed by atoms with Crippen molar-refractivity contribution in [3.63, 3.8) is 0 Å². The Labute approximate surface area is 169 Å². The van der Waals surface area contributed by atoms with Gasteiger partial charge in [-0.15, -0.1) is 0 Å². The van der Waals surface area contributed by atoms with Crippen LogP contribution in [0.2, 0.25) is 0 Å². The van der Waals surface area contributed by atoms with Crippen LogP contribution in [-0.2, 0) is 10.0 Å². The lowest BCUT2D eigenvalue weighted by Crippen LogP contribution is -2.41. The lowest BCUT2D eigenvalue weighted by atomic mass is 9.94. The van der Waals surface area contributed by atoms with Gasteiger partial charge in [-0.3, -0.25) is 0 Å². The lowest BCUT2D eigenvalue weighted by Gasteiger charge is -2.24. The van der Waals surface area contributed by atoms with Gasteiger partial charge in [-0.05, 0) is 76.2 Å². The average molecular weight is 407 g/mol. The van der Waals surface area contributed by atoms with E-state index in [1.807, 2.05) is 19.1 Å². The highest BCUT2D eigenvalue weighted by molar-refractivity contribution is 7.89. The zero-order chi connectivity index (χ0) is 19.6. The highest BCUT2D eigenvalue weighted by atomic mass is 32.2. The van der Waals surface area contributed by atoms with Crippen molar-refractivity contribution in [1.82, 2.24) is 20.3 Å².